The minimum atomic E-state index is -0.114. The highest BCUT2D eigenvalue weighted by atomic mass is 35.5. The Bertz CT molecular complexity index is 321. The van der Waals surface area contributed by atoms with Crippen molar-refractivity contribution in [1.82, 2.24) is 0 Å². The molecule has 0 aliphatic heterocycles. The van der Waals surface area contributed by atoms with Crippen molar-refractivity contribution in [2.75, 3.05) is 6.61 Å². The molecule has 1 N–H and O–H groups in total. The smallest absolute Gasteiger partial charge is 0.0595 e. The molecule has 78 valence electrons. The molecule has 0 radical (unpaired) electrons. The van der Waals surface area contributed by atoms with Gasteiger partial charge in [0, 0.05) is 6.61 Å². The molecule has 1 nitrogen and oxygen atoms in total. The number of hydrogen-bond acceptors (Lipinski definition) is 1. The zero-order chi connectivity index (χ0) is 10.8. The Kier molecular flexibility index (Phi) is 3.82. The number of hydrogen-bond donors (Lipinski definition) is 1. The van der Waals surface area contributed by atoms with Crippen molar-refractivity contribution >= 4 is 23.2 Å². The summed E-state index contributed by atoms with van der Waals surface area (Å²) in [6.45, 7) is 4.18. The van der Waals surface area contributed by atoms with Crippen molar-refractivity contribution in [3.63, 3.8) is 0 Å². The Morgan fingerprint density at radius 3 is 2.36 bits per heavy atom. The maximum absolute atomic E-state index is 9.12. The summed E-state index contributed by atoms with van der Waals surface area (Å²) < 4.78 is 0. The van der Waals surface area contributed by atoms with E-state index in [0.29, 0.717) is 10.0 Å². The lowest BCUT2D eigenvalue weighted by atomic mass is 9.87. The summed E-state index contributed by atoms with van der Waals surface area (Å²) in [7, 11) is 0. The number of aliphatic hydroxyl groups is 1. The molecular formula is C11H14Cl2O. The summed E-state index contributed by atoms with van der Waals surface area (Å²) in [4.78, 5) is 0. The zero-order valence-electron chi connectivity index (χ0n) is 8.35. The van der Waals surface area contributed by atoms with Gasteiger partial charge < -0.3 is 5.11 Å². The molecule has 0 fully saturated rings. The maximum atomic E-state index is 9.12. The predicted molar refractivity (Wildman–Crippen MR) is 61.0 cm³/mol. The molecule has 0 aliphatic carbocycles. The molecule has 0 atom stereocenters. The van der Waals surface area contributed by atoms with Crippen LogP contribution in [0.15, 0.2) is 18.2 Å². The number of rotatable bonds is 3. The van der Waals surface area contributed by atoms with Crippen LogP contribution in [0.1, 0.15) is 19.4 Å². The van der Waals surface area contributed by atoms with Gasteiger partial charge in [-0.05, 0) is 29.5 Å². The molecule has 1 rings (SSSR count). The van der Waals surface area contributed by atoms with Gasteiger partial charge in [-0.1, -0.05) is 43.1 Å². The van der Waals surface area contributed by atoms with Gasteiger partial charge in [-0.25, -0.2) is 0 Å². The van der Waals surface area contributed by atoms with Crippen LogP contribution < -0.4 is 0 Å². The van der Waals surface area contributed by atoms with Gasteiger partial charge in [-0.3, -0.25) is 0 Å². The summed E-state index contributed by atoms with van der Waals surface area (Å²) in [6.07, 6.45) is 0.792. The van der Waals surface area contributed by atoms with E-state index in [0.717, 1.165) is 12.0 Å². The normalized spacial score (nSPS) is 11.8. The minimum Gasteiger partial charge on any atom is -0.396 e. The van der Waals surface area contributed by atoms with Gasteiger partial charge in [0.15, 0.2) is 0 Å². The fourth-order valence-electron chi connectivity index (χ4n) is 1.26. The van der Waals surface area contributed by atoms with Gasteiger partial charge in [0.25, 0.3) is 0 Å². The standard InChI is InChI=1S/C11H14Cl2O/c1-11(2,7-14)6-8-3-4-9(12)10(13)5-8/h3-5,14H,6-7H2,1-2H3. The molecule has 1 aromatic carbocycles. The van der Waals surface area contributed by atoms with E-state index in [1.807, 2.05) is 26.0 Å². The quantitative estimate of drug-likeness (QED) is 0.846. The van der Waals surface area contributed by atoms with Crippen molar-refractivity contribution in [3.8, 4) is 0 Å². The SMILES string of the molecule is CC(C)(CO)Cc1ccc(Cl)c(Cl)c1. The molecule has 0 unspecified atom stereocenters. The molecule has 14 heavy (non-hydrogen) atoms. The third kappa shape index (κ3) is 3.16. The van der Waals surface area contributed by atoms with E-state index in [4.69, 9.17) is 28.3 Å². The lowest BCUT2D eigenvalue weighted by molar-refractivity contribution is 0.159. The first-order valence-corrected chi connectivity index (χ1v) is 5.25. The molecule has 0 aliphatic rings. The molecule has 3 heteroatoms. The van der Waals surface area contributed by atoms with Crippen LogP contribution >= 0.6 is 23.2 Å². The topological polar surface area (TPSA) is 20.2 Å². The fourth-order valence-corrected chi connectivity index (χ4v) is 1.58. The van der Waals surface area contributed by atoms with Crippen LogP contribution in [0.5, 0.6) is 0 Å². The van der Waals surface area contributed by atoms with Gasteiger partial charge in [0.05, 0.1) is 10.0 Å². The Morgan fingerprint density at radius 2 is 1.86 bits per heavy atom. The maximum Gasteiger partial charge on any atom is 0.0595 e. The number of benzene rings is 1. The Hall–Kier alpha value is -0.240. The molecule has 0 aromatic heterocycles. The third-order valence-electron chi connectivity index (χ3n) is 2.09. The van der Waals surface area contributed by atoms with Crippen LogP contribution in [-0.2, 0) is 6.42 Å². The Labute approximate surface area is 94.7 Å². The average Bonchev–Trinajstić information content (AvgIpc) is 2.11. The van der Waals surface area contributed by atoms with Crippen LogP contribution in [0, 0.1) is 5.41 Å². The van der Waals surface area contributed by atoms with Gasteiger partial charge in [0.1, 0.15) is 0 Å². The molecular weight excluding hydrogens is 219 g/mol. The molecule has 0 amide bonds. The van der Waals surface area contributed by atoms with E-state index >= 15 is 0 Å². The van der Waals surface area contributed by atoms with Crippen LogP contribution in [0.2, 0.25) is 10.0 Å². The highest BCUT2D eigenvalue weighted by molar-refractivity contribution is 6.42. The van der Waals surface area contributed by atoms with E-state index < -0.39 is 0 Å². The fraction of sp³-hybridized carbons (Fsp3) is 0.455. The van der Waals surface area contributed by atoms with E-state index in [2.05, 4.69) is 0 Å². The largest absolute Gasteiger partial charge is 0.396 e. The van der Waals surface area contributed by atoms with Gasteiger partial charge in [-0.15, -0.1) is 0 Å². The molecule has 0 spiro atoms. The Morgan fingerprint density at radius 1 is 1.21 bits per heavy atom. The summed E-state index contributed by atoms with van der Waals surface area (Å²) in [5, 5.41) is 10.3. The second-order valence-electron chi connectivity index (χ2n) is 4.25. The van der Waals surface area contributed by atoms with Gasteiger partial charge in [-0.2, -0.15) is 0 Å². The summed E-state index contributed by atoms with van der Waals surface area (Å²) in [5.41, 5.74) is 0.982. The van der Waals surface area contributed by atoms with Crippen LogP contribution in [0.4, 0.5) is 0 Å². The number of halogens is 2. The first-order valence-electron chi connectivity index (χ1n) is 4.49. The first kappa shape index (κ1) is 11.8. The molecule has 1 aromatic rings. The Balaban J connectivity index is 2.83. The van der Waals surface area contributed by atoms with Gasteiger partial charge in [0.2, 0.25) is 0 Å². The average molecular weight is 233 g/mol. The first-order chi connectivity index (χ1) is 6.44. The summed E-state index contributed by atoms with van der Waals surface area (Å²) >= 11 is 11.7. The van der Waals surface area contributed by atoms with E-state index in [1.165, 1.54) is 0 Å². The van der Waals surface area contributed by atoms with Crippen molar-refractivity contribution in [2.45, 2.75) is 20.3 Å². The molecule has 0 bridgehead atoms. The number of aliphatic hydroxyl groups excluding tert-OH is 1. The van der Waals surface area contributed by atoms with Crippen LogP contribution in [0.25, 0.3) is 0 Å². The van der Waals surface area contributed by atoms with Crippen LogP contribution in [0.3, 0.4) is 0 Å². The predicted octanol–water partition coefficient (Wildman–Crippen LogP) is 3.55. The highest BCUT2D eigenvalue weighted by Crippen LogP contribution is 2.27. The van der Waals surface area contributed by atoms with E-state index in [1.54, 1.807) is 6.07 Å². The molecule has 0 heterocycles. The third-order valence-corrected chi connectivity index (χ3v) is 2.83. The monoisotopic (exact) mass is 232 g/mol. The lowest BCUT2D eigenvalue weighted by Gasteiger charge is -2.21. The lowest BCUT2D eigenvalue weighted by Crippen LogP contribution is -2.19. The summed E-state index contributed by atoms with van der Waals surface area (Å²) in [5.74, 6) is 0. The van der Waals surface area contributed by atoms with Crippen molar-refractivity contribution in [1.29, 1.82) is 0 Å². The van der Waals surface area contributed by atoms with Gasteiger partial charge >= 0.3 is 0 Å². The second-order valence-corrected chi connectivity index (χ2v) is 5.06. The van der Waals surface area contributed by atoms with Crippen molar-refractivity contribution < 1.29 is 5.11 Å². The summed E-state index contributed by atoms with van der Waals surface area (Å²) in [6, 6.07) is 5.57. The molecule has 0 saturated heterocycles. The van der Waals surface area contributed by atoms with Crippen molar-refractivity contribution in [2.24, 2.45) is 5.41 Å². The van der Waals surface area contributed by atoms with Crippen molar-refractivity contribution in [3.05, 3.63) is 33.8 Å². The minimum absolute atomic E-state index is 0.114. The van der Waals surface area contributed by atoms with Crippen LogP contribution in [-0.4, -0.2) is 11.7 Å². The molecule has 0 saturated carbocycles. The second kappa shape index (κ2) is 4.52. The zero-order valence-corrected chi connectivity index (χ0v) is 9.86. The van der Waals surface area contributed by atoms with E-state index in [9.17, 15) is 0 Å². The van der Waals surface area contributed by atoms with E-state index in [-0.39, 0.29) is 12.0 Å². The highest BCUT2D eigenvalue weighted by Gasteiger charge is 2.17.